The van der Waals surface area contributed by atoms with Crippen molar-refractivity contribution < 1.29 is 4.79 Å². The van der Waals surface area contributed by atoms with Crippen molar-refractivity contribution in [3.63, 3.8) is 0 Å². The number of hydrogen-bond acceptors (Lipinski definition) is 1. The van der Waals surface area contributed by atoms with E-state index in [1.165, 1.54) is 0 Å². The molecule has 2 rings (SSSR count). The number of alkyl halides is 1. The molecule has 2 unspecified atom stereocenters. The molecule has 0 fully saturated rings. The van der Waals surface area contributed by atoms with E-state index in [0.717, 1.165) is 29.7 Å². The number of benzene rings is 1. The summed E-state index contributed by atoms with van der Waals surface area (Å²) in [6.45, 7) is 4.35. The fraction of sp³-hybridized carbons (Fsp3) is 0.500. The van der Waals surface area contributed by atoms with Crippen molar-refractivity contribution >= 4 is 23.2 Å². The van der Waals surface area contributed by atoms with Gasteiger partial charge < -0.3 is 5.32 Å². The van der Waals surface area contributed by atoms with Gasteiger partial charge in [0.2, 0.25) is 5.91 Å². The van der Waals surface area contributed by atoms with Gasteiger partial charge in [0.25, 0.3) is 0 Å². The summed E-state index contributed by atoms with van der Waals surface area (Å²) in [5.41, 5.74) is 3.13. The number of hydrogen-bond donors (Lipinski definition) is 1. The van der Waals surface area contributed by atoms with Crippen LogP contribution in [0.2, 0.25) is 0 Å². The number of carbonyl (C=O) groups is 1. The van der Waals surface area contributed by atoms with E-state index < -0.39 is 0 Å². The molecule has 17 heavy (non-hydrogen) atoms. The minimum atomic E-state index is 0.0379. The van der Waals surface area contributed by atoms with Crippen molar-refractivity contribution in [2.45, 2.75) is 38.5 Å². The van der Waals surface area contributed by atoms with E-state index in [1.54, 1.807) is 0 Å². The third-order valence-corrected chi connectivity index (χ3v) is 4.00. The van der Waals surface area contributed by atoms with Crippen LogP contribution in [0.4, 0.5) is 5.69 Å². The molecule has 1 aliphatic rings. The first kappa shape index (κ1) is 12.4. The number of anilines is 1. The zero-order chi connectivity index (χ0) is 12.4. The summed E-state index contributed by atoms with van der Waals surface area (Å²) in [5.74, 6) is 0.537. The van der Waals surface area contributed by atoms with Crippen LogP contribution < -0.4 is 5.32 Å². The summed E-state index contributed by atoms with van der Waals surface area (Å²) in [4.78, 5) is 11.3. The smallest absolute Gasteiger partial charge is 0.228 e. The maximum atomic E-state index is 11.3. The molecule has 0 radical (unpaired) electrons. The largest absolute Gasteiger partial charge is 0.326 e. The summed E-state index contributed by atoms with van der Waals surface area (Å²) in [6.07, 6.45) is 2.76. The van der Waals surface area contributed by atoms with E-state index in [9.17, 15) is 4.79 Å². The molecule has 2 nitrogen and oxygen atoms in total. The molecule has 0 spiro atoms. The standard InChI is InChI=1S/C14H18ClNO/c1-3-4-9(2)14(15)10-5-6-12-11(7-10)8-13(17)16-12/h5-7,9,14H,3-4,8H2,1-2H3,(H,16,17). The SMILES string of the molecule is CCCC(C)C(Cl)c1ccc2c(c1)CC(=O)N2. The Kier molecular flexibility index (Phi) is 3.72. The Bertz CT molecular complexity index is 430. The maximum Gasteiger partial charge on any atom is 0.228 e. The maximum absolute atomic E-state index is 11.3. The Morgan fingerprint density at radius 2 is 2.24 bits per heavy atom. The van der Waals surface area contributed by atoms with Crippen LogP contribution in [-0.4, -0.2) is 5.91 Å². The van der Waals surface area contributed by atoms with E-state index in [4.69, 9.17) is 11.6 Å². The second-order valence-corrected chi connectivity index (χ2v) is 5.28. The predicted octanol–water partition coefficient (Wildman–Crippen LogP) is 3.90. The summed E-state index contributed by atoms with van der Waals surface area (Å²) in [6, 6.07) is 6.05. The van der Waals surface area contributed by atoms with Gasteiger partial charge in [0.15, 0.2) is 0 Å². The van der Waals surface area contributed by atoms with E-state index in [2.05, 4.69) is 25.2 Å². The summed E-state index contributed by atoms with van der Waals surface area (Å²) in [5, 5.41) is 2.87. The van der Waals surface area contributed by atoms with Gasteiger partial charge in [-0.05, 0) is 29.5 Å². The average molecular weight is 252 g/mol. The molecule has 0 saturated carbocycles. The minimum absolute atomic E-state index is 0.0379. The molecule has 0 bridgehead atoms. The highest BCUT2D eigenvalue weighted by Gasteiger charge is 2.21. The van der Waals surface area contributed by atoms with Crippen LogP contribution >= 0.6 is 11.6 Å². The molecular weight excluding hydrogens is 234 g/mol. The third-order valence-electron chi connectivity index (χ3n) is 3.32. The molecule has 0 aliphatic carbocycles. The van der Waals surface area contributed by atoms with Crippen LogP contribution in [0.5, 0.6) is 0 Å². The third kappa shape index (κ3) is 2.63. The lowest BCUT2D eigenvalue weighted by atomic mass is 9.95. The van der Waals surface area contributed by atoms with E-state index in [0.29, 0.717) is 12.3 Å². The Morgan fingerprint density at radius 1 is 1.47 bits per heavy atom. The Labute approximate surface area is 107 Å². The van der Waals surface area contributed by atoms with Gasteiger partial charge in [-0.15, -0.1) is 11.6 Å². The molecular formula is C14H18ClNO. The lowest BCUT2D eigenvalue weighted by Gasteiger charge is -2.18. The Hall–Kier alpha value is -1.02. The minimum Gasteiger partial charge on any atom is -0.326 e. The number of halogens is 1. The first-order valence-electron chi connectivity index (χ1n) is 6.18. The van der Waals surface area contributed by atoms with E-state index in [-0.39, 0.29) is 11.3 Å². The number of carbonyl (C=O) groups excluding carboxylic acids is 1. The molecule has 1 amide bonds. The molecule has 0 aromatic heterocycles. The first-order chi connectivity index (χ1) is 8.11. The highest BCUT2D eigenvalue weighted by atomic mass is 35.5. The zero-order valence-corrected chi connectivity index (χ0v) is 11.1. The van der Waals surface area contributed by atoms with Gasteiger partial charge in [-0.3, -0.25) is 4.79 Å². The molecule has 92 valence electrons. The topological polar surface area (TPSA) is 29.1 Å². The second-order valence-electron chi connectivity index (χ2n) is 4.81. The summed E-state index contributed by atoms with van der Waals surface area (Å²) < 4.78 is 0. The molecule has 2 atom stereocenters. The van der Waals surface area contributed by atoms with E-state index in [1.807, 2.05) is 12.1 Å². The van der Waals surface area contributed by atoms with Crippen molar-refractivity contribution in [2.75, 3.05) is 5.32 Å². The van der Waals surface area contributed by atoms with Crippen molar-refractivity contribution in [1.82, 2.24) is 0 Å². The molecule has 3 heteroatoms. The van der Waals surface area contributed by atoms with Crippen molar-refractivity contribution in [3.8, 4) is 0 Å². The molecule has 1 aromatic rings. The fourth-order valence-electron chi connectivity index (χ4n) is 2.35. The predicted molar refractivity (Wildman–Crippen MR) is 71.4 cm³/mol. The quantitative estimate of drug-likeness (QED) is 0.808. The molecule has 1 aromatic carbocycles. The highest BCUT2D eigenvalue weighted by Crippen LogP contribution is 2.34. The van der Waals surface area contributed by atoms with Gasteiger partial charge in [-0.2, -0.15) is 0 Å². The number of fused-ring (bicyclic) bond motifs is 1. The normalized spacial score (nSPS) is 17.5. The van der Waals surface area contributed by atoms with Gasteiger partial charge in [-0.25, -0.2) is 0 Å². The van der Waals surface area contributed by atoms with Gasteiger partial charge in [-0.1, -0.05) is 32.4 Å². The van der Waals surface area contributed by atoms with Gasteiger partial charge in [0, 0.05) is 5.69 Å². The zero-order valence-electron chi connectivity index (χ0n) is 10.3. The summed E-state index contributed by atoms with van der Waals surface area (Å²) in [7, 11) is 0. The van der Waals surface area contributed by atoms with Gasteiger partial charge >= 0.3 is 0 Å². The molecule has 1 aliphatic heterocycles. The highest BCUT2D eigenvalue weighted by molar-refractivity contribution is 6.21. The van der Waals surface area contributed by atoms with Crippen LogP contribution in [-0.2, 0) is 11.2 Å². The number of amides is 1. The molecule has 1 heterocycles. The number of nitrogens with one attached hydrogen (secondary N) is 1. The lowest BCUT2D eigenvalue weighted by molar-refractivity contribution is -0.115. The van der Waals surface area contributed by atoms with Crippen molar-refractivity contribution in [3.05, 3.63) is 29.3 Å². The fourth-order valence-corrected chi connectivity index (χ4v) is 2.61. The first-order valence-corrected chi connectivity index (χ1v) is 6.62. The van der Waals surface area contributed by atoms with Crippen molar-refractivity contribution in [2.24, 2.45) is 5.92 Å². The van der Waals surface area contributed by atoms with Gasteiger partial charge in [0.05, 0.1) is 11.8 Å². The van der Waals surface area contributed by atoms with Crippen LogP contribution in [0.3, 0.4) is 0 Å². The summed E-state index contributed by atoms with van der Waals surface area (Å²) >= 11 is 6.47. The van der Waals surface area contributed by atoms with Gasteiger partial charge in [0.1, 0.15) is 0 Å². The van der Waals surface area contributed by atoms with Crippen LogP contribution in [0.25, 0.3) is 0 Å². The van der Waals surface area contributed by atoms with E-state index >= 15 is 0 Å². The van der Waals surface area contributed by atoms with Crippen molar-refractivity contribution in [1.29, 1.82) is 0 Å². The number of rotatable bonds is 4. The monoisotopic (exact) mass is 251 g/mol. The van der Waals surface area contributed by atoms with Crippen LogP contribution in [0, 0.1) is 5.92 Å². The second kappa shape index (κ2) is 5.09. The Balaban J connectivity index is 2.18. The Morgan fingerprint density at radius 3 is 2.94 bits per heavy atom. The average Bonchev–Trinajstić information content (AvgIpc) is 2.67. The molecule has 1 N–H and O–H groups in total. The molecule has 0 saturated heterocycles. The van der Waals surface area contributed by atoms with Crippen LogP contribution in [0.1, 0.15) is 43.2 Å². The lowest BCUT2D eigenvalue weighted by Crippen LogP contribution is -2.04. The van der Waals surface area contributed by atoms with Crippen LogP contribution in [0.15, 0.2) is 18.2 Å².